The summed E-state index contributed by atoms with van der Waals surface area (Å²) in [4.78, 5) is 6.51. The lowest BCUT2D eigenvalue weighted by Crippen LogP contribution is -2.43. The molecule has 0 aliphatic carbocycles. The molecule has 1 aromatic rings. The first-order valence-corrected chi connectivity index (χ1v) is 4.74. The second kappa shape index (κ2) is 3.75. The maximum atomic E-state index is 4.10. The van der Waals surface area contributed by atoms with E-state index < -0.39 is 0 Å². The van der Waals surface area contributed by atoms with Gasteiger partial charge in [0.2, 0.25) is 0 Å². The number of hydrogen-bond donors (Lipinski definition) is 1. The highest BCUT2D eigenvalue weighted by atomic mass is 15.2. The van der Waals surface area contributed by atoms with Crippen molar-refractivity contribution in [2.24, 2.45) is 0 Å². The third-order valence-electron chi connectivity index (χ3n) is 2.45. The number of nitrogens with zero attached hydrogens (tertiary/aromatic N) is 2. The molecule has 1 N–H and O–H groups in total. The van der Waals surface area contributed by atoms with Crippen molar-refractivity contribution >= 4 is 5.69 Å². The van der Waals surface area contributed by atoms with Crippen LogP contribution in [0, 0.1) is 6.92 Å². The molecule has 2 rings (SSSR count). The Bertz CT molecular complexity index is 279. The fourth-order valence-electron chi connectivity index (χ4n) is 1.73. The average Bonchev–Trinajstić information content (AvgIpc) is 2.20. The number of piperazine rings is 1. The smallest absolute Gasteiger partial charge is 0.0427 e. The highest BCUT2D eigenvalue weighted by Crippen LogP contribution is 2.17. The van der Waals surface area contributed by atoms with E-state index in [1.165, 1.54) is 11.3 Å². The van der Waals surface area contributed by atoms with Crippen molar-refractivity contribution in [2.45, 2.75) is 6.92 Å². The molecule has 0 radical (unpaired) electrons. The van der Waals surface area contributed by atoms with Crippen molar-refractivity contribution in [3.05, 3.63) is 24.0 Å². The third-order valence-corrected chi connectivity index (χ3v) is 2.45. The van der Waals surface area contributed by atoms with Crippen molar-refractivity contribution in [3.63, 3.8) is 0 Å². The van der Waals surface area contributed by atoms with E-state index in [0.717, 1.165) is 26.2 Å². The minimum Gasteiger partial charge on any atom is -0.369 e. The van der Waals surface area contributed by atoms with Crippen LogP contribution in [-0.2, 0) is 0 Å². The Morgan fingerprint density at radius 3 is 2.85 bits per heavy atom. The van der Waals surface area contributed by atoms with E-state index in [0.29, 0.717) is 0 Å². The molecule has 1 aromatic heterocycles. The molecule has 3 heteroatoms. The summed E-state index contributed by atoms with van der Waals surface area (Å²) < 4.78 is 0. The highest BCUT2D eigenvalue weighted by Gasteiger charge is 2.11. The van der Waals surface area contributed by atoms with Gasteiger partial charge in [0.1, 0.15) is 0 Å². The number of rotatable bonds is 1. The molecular weight excluding hydrogens is 162 g/mol. The van der Waals surface area contributed by atoms with Crippen LogP contribution in [0.2, 0.25) is 0 Å². The van der Waals surface area contributed by atoms with E-state index in [1.807, 2.05) is 12.4 Å². The molecule has 0 saturated carbocycles. The zero-order chi connectivity index (χ0) is 9.10. The van der Waals surface area contributed by atoms with E-state index in [1.54, 1.807) is 0 Å². The summed E-state index contributed by atoms with van der Waals surface area (Å²) in [7, 11) is 0. The Hall–Kier alpha value is -1.09. The van der Waals surface area contributed by atoms with Crippen LogP contribution >= 0.6 is 0 Å². The van der Waals surface area contributed by atoms with Crippen LogP contribution in [-0.4, -0.2) is 31.2 Å². The number of pyridine rings is 1. The van der Waals surface area contributed by atoms with Gasteiger partial charge in [-0.05, 0) is 18.6 Å². The number of aromatic nitrogens is 1. The monoisotopic (exact) mass is 177 g/mol. The van der Waals surface area contributed by atoms with Gasteiger partial charge in [-0.2, -0.15) is 0 Å². The first-order chi connectivity index (χ1) is 6.38. The first kappa shape index (κ1) is 8.51. The maximum absolute atomic E-state index is 4.10. The molecule has 0 spiro atoms. The zero-order valence-electron chi connectivity index (χ0n) is 7.95. The second-order valence-corrected chi connectivity index (χ2v) is 3.40. The molecule has 0 bridgehead atoms. The summed E-state index contributed by atoms with van der Waals surface area (Å²) in [5.74, 6) is 0. The van der Waals surface area contributed by atoms with Gasteiger partial charge in [-0.3, -0.25) is 4.98 Å². The van der Waals surface area contributed by atoms with Gasteiger partial charge in [-0.25, -0.2) is 0 Å². The number of anilines is 1. The summed E-state index contributed by atoms with van der Waals surface area (Å²) in [6.45, 7) is 6.49. The Labute approximate surface area is 78.8 Å². The van der Waals surface area contributed by atoms with Gasteiger partial charge in [0.15, 0.2) is 0 Å². The highest BCUT2D eigenvalue weighted by molar-refractivity contribution is 5.51. The molecule has 70 valence electrons. The molecule has 1 aliphatic rings. The standard InChI is InChI=1S/C10H15N3/c1-9-8-12-3-2-10(9)13-6-4-11-5-7-13/h2-3,8,11H,4-7H2,1H3. The normalized spacial score (nSPS) is 17.5. The van der Waals surface area contributed by atoms with Crippen LogP contribution in [0.5, 0.6) is 0 Å². The SMILES string of the molecule is Cc1cnccc1N1CCNCC1. The molecule has 0 amide bonds. The van der Waals surface area contributed by atoms with Gasteiger partial charge < -0.3 is 10.2 Å². The topological polar surface area (TPSA) is 28.2 Å². The van der Waals surface area contributed by atoms with Crippen LogP contribution in [0.15, 0.2) is 18.5 Å². The molecule has 0 unspecified atom stereocenters. The molecule has 3 nitrogen and oxygen atoms in total. The van der Waals surface area contributed by atoms with Crippen LogP contribution in [0.1, 0.15) is 5.56 Å². The Morgan fingerprint density at radius 2 is 2.15 bits per heavy atom. The molecular formula is C10H15N3. The van der Waals surface area contributed by atoms with Gasteiger partial charge in [0, 0.05) is 44.3 Å². The van der Waals surface area contributed by atoms with Gasteiger partial charge >= 0.3 is 0 Å². The molecule has 2 heterocycles. The third kappa shape index (κ3) is 1.80. The molecule has 1 aliphatic heterocycles. The average molecular weight is 177 g/mol. The number of aryl methyl sites for hydroxylation is 1. The van der Waals surface area contributed by atoms with Crippen LogP contribution < -0.4 is 10.2 Å². The fraction of sp³-hybridized carbons (Fsp3) is 0.500. The largest absolute Gasteiger partial charge is 0.369 e. The number of hydrogen-bond acceptors (Lipinski definition) is 3. The minimum absolute atomic E-state index is 1.09. The molecule has 1 saturated heterocycles. The maximum Gasteiger partial charge on any atom is 0.0427 e. The molecule has 0 aromatic carbocycles. The Balaban J connectivity index is 2.18. The van der Waals surface area contributed by atoms with Crippen molar-refractivity contribution < 1.29 is 0 Å². The van der Waals surface area contributed by atoms with E-state index >= 15 is 0 Å². The fourth-order valence-corrected chi connectivity index (χ4v) is 1.73. The van der Waals surface area contributed by atoms with Crippen LogP contribution in [0.4, 0.5) is 5.69 Å². The lowest BCUT2D eigenvalue weighted by molar-refractivity contribution is 0.588. The summed E-state index contributed by atoms with van der Waals surface area (Å²) in [6, 6.07) is 2.10. The summed E-state index contributed by atoms with van der Waals surface area (Å²) in [5.41, 5.74) is 2.60. The van der Waals surface area contributed by atoms with Crippen molar-refractivity contribution in [1.82, 2.24) is 10.3 Å². The van der Waals surface area contributed by atoms with Gasteiger partial charge in [0.25, 0.3) is 0 Å². The molecule has 0 atom stereocenters. The van der Waals surface area contributed by atoms with Gasteiger partial charge in [-0.15, -0.1) is 0 Å². The second-order valence-electron chi connectivity index (χ2n) is 3.40. The predicted molar refractivity (Wildman–Crippen MR) is 54.1 cm³/mol. The van der Waals surface area contributed by atoms with E-state index in [4.69, 9.17) is 0 Å². The Kier molecular flexibility index (Phi) is 2.45. The van der Waals surface area contributed by atoms with E-state index in [-0.39, 0.29) is 0 Å². The lowest BCUT2D eigenvalue weighted by Gasteiger charge is -2.30. The number of nitrogens with one attached hydrogen (secondary N) is 1. The van der Waals surface area contributed by atoms with Gasteiger partial charge in [0.05, 0.1) is 0 Å². The Morgan fingerprint density at radius 1 is 1.38 bits per heavy atom. The minimum atomic E-state index is 1.09. The van der Waals surface area contributed by atoms with Gasteiger partial charge in [-0.1, -0.05) is 0 Å². The summed E-state index contributed by atoms with van der Waals surface area (Å²) >= 11 is 0. The van der Waals surface area contributed by atoms with E-state index in [9.17, 15) is 0 Å². The molecule has 13 heavy (non-hydrogen) atoms. The first-order valence-electron chi connectivity index (χ1n) is 4.74. The van der Waals surface area contributed by atoms with Crippen molar-refractivity contribution in [3.8, 4) is 0 Å². The van der Waals surface area contributed by atoms with E-state index in [2.05, 4.69) is 28.2 Å². The van der Waals surface area contributed by atoms with Crippen molar-refractivity contribution in [1.29, 1.82) is 0 Å². The zero-order valence-corrected chi connectivity index (χ0v) is 7.95. The lowest BCUT2D eigenvalue weighted by atomic mass is 10.2. The van der Waals surface area contributed by atoms with Crippen LogP contribution in [0.3, 0.4) is 0 Å². The predicted octanol–water partition coefficient (Wildman–Crippen LogP) is 0.800. The summed E-state index contributed by atoms with van der Waals surface area (Å²) in [5, 5.41) is 3.35. The quantitative estimate of drug-likeness (QED) is 0.687. The summed E-state index contributed by atoms with van der Waals surface area (Å²) in [6.07, 6.45) is 3.79. The van der Waals surface area contributed by atoms with Crippen molar-refractivity contribution in [2.75, 3.05) is 31.1 Å². The molecule has 1 fully saturated rings. The van der Waals surface area contributed by atoms with Crippen LogP contribution in [0.25, 0.3) is 0 Å².